The molecule has 4 rings (SSSR count). The van der Waals surface area contributed by atoms with E-state index in [0.29, 0.717) is 22.5 Å². The molecule has 0 spiro atoms. The van der Waals surface area contributed by atoms with Gasteiger partial charge in [-0.05, 0) is 49.7 Å². The van der Waals surface area contributed by atoms with E-state index in [2.05, 4.69) is 22.3 Å². The van der Waals surface area contributed by atoms with Crippen LogP contribution in [0.4, 0.5) is 0 Å². The van der Waals surface area contributed by atoms with Crippen molar-refractivity contribution in [3.05, 3.63) is 81.2 Å². The molecule has 0 aliphatic carbocycles. The maximum absolute atomic E-state index is 12.7. The van der Waals surface area contributed by atoms with Crippen molar-refractivity contribution in [1.82, 2.24) is 10.2 Å². The molecule has 1 saturated heterocycles. The zero-order valence-electron chi connectivity index (χ0n) is 16.1. The van der Waals surface area contributed by atoms with Gasteiger partial charge < -0.3 is 9.73 Å². The van der Waals surface area contributed by atoms with Gasteiger partial charge in [0.05, 0.1) is 11.4 Å². The predicted octanol–water partition coefficient (Wildman–Crippen LogP) is 4.40. The molecular weight excluding hydrogens is 388 g/mol. The van der Waals surface area contributed by atoms with Crippen LogP contribution >= 0.6 is 11.6 Å². The Balaban J connectivity index is 1.54. The summed E-state index contributed by atoms with van der Waals surface area (Å²) in [7, 11) is 0. The number of piperidine rings is 1. The lowest BCUT2D eigenvalue weighted by Crippen LogP contribution is -2.40. The van der Waals surface area contributed by atoms with Gasteiger partial charge >= 0.3 is 0 Å². The van der Waals surface area contributed by atoms with Crippen molar-refractivity contribution < 1.29 is 9.21 Å². The fourth-order valence-electron chi connectivity index (χ4n) is 3.88. The lowest BCUT2D eigenvalue weighted by Gasteiger charge is -2.35. The average Bonchev–Trinajstić information content (AvgIpc) is 2.75. The standard InChI is InChI=1S/C23H23ClN2O3/c24-17-9-10-21-18(13-17)20(27)14-22(29-21)23(28)25-15-19(16-7-3-1-4-8-16)26-11-5-2-6-12-26/h1,3-4,7-10,13-14,19H,2,5-6,11-12,15H2,(H,25,28)/t19-/m1/s1. The highest BCUT2D eigenvalue weighted by atomic mass is 35.5. The molecule has 150 valence electrons. The Morgan fingerprint density at radius 3 is 2.59 bits per heavy atom. The summed E-state index contributed by atoms with van der Waals surface area (Å²) in [5, 5.41) is 3.78. The van der Waals surface area contributed by atoms with Crippen LogP contribution in [0.3, 0.4) is 0 Å². The fourth-order valence-corrected chi connectivity index (χ4v) is 4.05. The van der Waals surface area contributed by atoms with Gasteiger partial charge in [-0.3, -0.25) is 14.5 Å². The second-order valence-corrected chi connectivity index (χ2v) is 7.78. The normalized spacial score (nSPS) is 15.9. The predicted molar refractivity (Wildman–Crippen MR) is 114 cm³/mol. The first-order valence-electron chi connectivity index (χ1n) is 9.92. The summed E-state index contributed by atoms with van der Waals surface area (Å²) in [6, 6.07) is 16.3. The molecule has 1 aliphatic heterocycles. The Labute approximate surface area is 174 Å². The van der Waals surface area contributed by atoms with E-state index >= 15 is 0 Å². The molecule has 2 heterocycles. The second-order valence-electron chi connectivity index (χ2n) is 7.35. The topological polar surface area (TPSA) is 62.6 Å². The van der Waals surface area contributed by atoms with Crippen molar-refractivity contribution >= 4 is 28.5 Å². The van der Waals surface area contributed by atoms with Gasteiger partial charge in [-0.2, -0.15) is 0 Å². The number of hydrogen-bond acceptors (Lipinski definition) is 4. The fraction of sp³-hybridized carbons (Fsp3) is 0.304. The van der Waals surface area contributed by atoms with E-state index in [-0.39, 0.29) is 17.2 Å². The molecule has 2 aromatic carbocycles. The van der Waals surface area contributed by atoms with Gasteiger partial charge in [-0.1, -0.05) is 48.4 Å². The number of nitrogens with zero attached hydrogens (tertiary/aromatic N) is 1. The summed E-state index contributed by atoms with van der Waals surface area (Å²) in [6.45, 7) is 2.48. The molecule has 29 heavy (non-hydrogen) atoms. The Kier molecular flexibility index (Phi) is 5.97. The lowest BCUT2D eigenvalue weighted by molar-refractivity contribution is 0.0897. The summed E-state index contributed by atoms with van der Waals surface area (Å²) < 4.78 is 5.66. The number of nitrogens with one attached hydrogen (secondary N) is 1. The molecule has 0 radical (unpaired) electrons. The number of carbonyl (C=O) groups excluding carboxylic acids is 1. The molecular formula is C23H23ClN2O3. The Hall–Kier alpha value is -2.63. The van der Waals surface area contributed by atoms with E-state index in [1.807, 2.05) is 18.2 Å². The molecule has 1 aromatic heterocycles. The summed E-state index contributed by atoms with van der Waals surface area (Å²) in [6.07, 6.45) is 3.58. The van der Waals surface area contributed by atoms with Gasteiger partial charge in [-0.15, -0.1) is 0 Å². The van der Waals surface area contributed by atoms with Gasteiger partial charge in [0.15, 0.2) is 11.2 Å². The minimum Gasteiger partial charge on any atom is -0.451 e. The van der Waals surface area contributed by atoms with Crippen LogP contribution in [0, 0.1) is 0 Å². The zero-order valence-corrected chi connectivity index (χ0v) is 16.8. The molecule has 1 aliphatic rings. The lowest BCUT2D eigenvalue weighted by atomic mass is 10.0. The Morgan fingerprint density at radius 1 is 1.07 bits per heavy atom. The van der Waals surface area contributed by atoms with Crippen molar-refractivity contribution in [2.24, 2.45) is 0 Å². The number of benzene rings is 2. The molecule has 0 unspecified atom stereocenters. The molecule has 1 fully saturated rings. The molecule has 1 N–H and O–H groups in total. The number of amides is 1. The van der Waals surface area contributed by atoms with Crippen LogP contribution < -0.4 is 10.7 Å². The van der Waals surface area contributed by atoms with Gasteiger partial charge in [0.25, 0.3) is 5.91 Å². The van der Waals surface area contributed by atoms with Gasteiger partial charge in [-0.25, -0.2) is 0 Å². The van der Waals surface area contributed by atoms with Crippen LogP contribution in [-0.2, 0) is 0 Å². The van der Waals surface area contributed by atoms with Crippen LogP contribution in [0.5, 0.6) is 0 Å². The molecule has 3 aromatic rings. The number of carbonyl (C=O) groups is 1. The van der Waals surface area contributed by atoms with Crippen molar-refractivity contribution in [1.29, 1.82) is 0 Å². The summed E-state index contributed by atoms with van der Waals surface area (Å²) in [4.78, 5) is 27.5. The number of hydrogen-bond donors (Lipinski definition) is 1. The third kappa shape index (κ3) is 4.52. The molecule has 5 nitrogen and oxygen atoms in total. The SMILES string of the molecule is O=C(NC[C@H](c1ccccc1)N1CCCCC1)c1cc(=O)c2cc(Cl)ccc2o1. The van der Waals surface area contributed by atoms with Crippen LogP contribution in [0.1, 0.15) is 41.4 Å². The quantitative estimate of drug-likeness (QED) is 0.677. The monoisotopic (exact) mass is 410 g/mol. The smallest absolute Gasteiger partial charge is 0.287 e. The largest absolute Gasteiger partial charge is 0.451 e. The van der Waals surface area contributed by atoms with Crippen molar-refractivity contribution in [3.63, 3.8) is 0 Å². The second kappa shape index (κ2) is 8.80. The van der Waals surface area contributed by atoms with Gasteiger partial charge in [0, 0.05) is 17.6 Å². The van der Waals surface area contributed by atoms with Gasteiger partial charge in [0.1, 0.15) is 5.58 Å². The summed E-state index contributed by atoms with van der Waals surface area (Å²) in [5.74, 6) is -0.382. The van der Waals surface area contributed by atoms with E-state index < -0.39 is 5.91 Å². The third-order valence-corrected chi connectivity index (χ3v) is 5.62. The van der Waals surface area contributed by atoms with E-state index in [0.717, 1.165) is 13.1 Å². The van der Waals surface area contributed by atoms with Crippen molar-refractivity contribution in [3.8, 4) is 0 Å². The number of likely N-dealkylation sites (tertiary alicyclic amines) is 1. The van der Waals surface area contributed by atoms with Crippen molar-refractivity contribution in [2.75, 3.05) is 19.6 Å². The molecule has 0 saturated carbocycles. The van der Waals surface area contributed by atoms with Crippen LogP contribution in [0.2, 0.25) is 5.02 Å². The third-order valence-electron chi connectivity index (χ3n) is 5.38. The van der Waals surface area contributed by atoms with E-state index in [1.165, 1.54) is 30.9 Å². The first kappa shape index (κ1) is 19.7. The highest BCUT2D eigenvalue weighted by molar-refractivity contribution is 6.31. The minimum atomic E-state index is -0.392. The van der Waals surface area contributed by atoms with Crippen LogP contribution in [0.15, 0.2) is 63.8 Å². The number of halogens is 1. The van der Waals surface area contributed by atoms with Gasteiger partial charge in [0.2, 0.25) is 0 Å². The van der Waals surface area contributed by atoms with Crippen molar-refractivity contribution in [2.45, 2.75) is 25.3 Å². The van der Waals surface area contributed by atoms with E-state index in [9.17, 15) is 9.59 Å². The number of rotatable bonds is 5. The highest BCUT2D eigenvalue weighted by Gasteiger charge is 2.23. The van der Waals surface area contributed by atoms with Crippen LogP contribution in [-0.4, -0.2) is 30.4 Å². The Morgan fingerprint density at radius 2 is 1.83 bits per heavy atom. The van der Waals surface area contributed by atoms with E-state index in [1.54, 1.807) is 18.2 Å². The zero-order chi connectivity index (χ0) is 20.2. The minimum absolute atomic E-state index is 0.00952. The average molecular weight is 411 g/mol. The summed E-state index contributed by atoms with van der Waals surface area (Å²) >= 11 is 5.95. The first-order chi connectivity index (χ1) is 14.1. The highest BCUT2D eigenvalue weighted by Crippen LogP contribution is 2.24. The Bertz CT molecular complexity index is 1060. The van der Waals surface area contributed by atoms with Crippen LogP contribution in [0.25, 0.3) is 11.0 Å². The molecule has 1 amide bonds. The maximum Gasteiger partial charge on any atom is 0.287 e. The first-order valence-corrected chi connectivity index (χ1v) is 10.3. The molecule has 0 bridgehead atoms. The molecule has 6 heteroatoms. The number of fused-ring (bicyclic) bond motifs is 1. The maximum atomic E-state index is 12.7. The van der Waals surface area contributed by atoms with E-state index in [4.69, 9.17) is 16.0 Å². The summed E-state index contributed by atoms with van der Waals surface area (Å²) in [5.41, 5.74) is 1.24. The molecule has 1 atom stereocenters.